The van der Waals surface area contributed by atoms with E-state index in [1.165, 1.54) is 4.31 Å². The maximum atomic E-state index is 12.6. The summed E-state index contributed by atoms with van der Waals surface area (Å²) >= 11 is 0. The van der Waals surface area contributed by atoms with Crippen LogP contribution in [0, 0.1) is 0 Å². The highest BCUT2D eigenvalue weighted by Crippen LogP contribution is 2.28. The molecule has 2 heterocycles. The minimum atomic E-state index is -3.44. The summed E-state index contributed by atoms with van der Waals surface area (Å²) in [5.41, 5.74) is 0. The van der Waals surface area contributed by atoms with Gasteiger partial charge in [-0.25, -0.2) is 0 Å². The summed E-state index contributed by atoms with van der Waals surface area (Å²) in [5, 5.41) is 0. The molecule has 0 spiro atoms. The van der Waals surface area contributed by atoms with E-state index in [-0.39, 0.29) is 12.1 Å². The Labute approximate surface area is 115 Å². The summed E-state index contributed by atoms with van der Waals surface area (Å²) in [6, 6.07) is -0.250. The smallest absolute Gasteiger partial charge is 0.282 e. The van der Waals surface area contributed by atoms with Crippen LogP contribution in [0.5, 0.6) is 0 Å². The molecule has 2 aliphatic heterocycles. The minimum Gasteiger partial charge on any atom is -0.349 e. The quantitative estimate of drug-likeness (QED) is 0.769. The molecule has 112 valence electrons. The van der Waals surface area contributed by atoms with Gasteiger partial charge in [0, 0.05) is 19.6 Å². The van der Waals surface area contributed by atoms with Crippen LogP contribution in [0.4, 0.5) is 0 Å². The van der Waals surface area contributed by atoms with Crippen LogP contribution in [0.15, 0.2) is 0 Å². The molecule has 0 unspecified atom stereocenters. The van der Waals surface area contributed by atoms with Crippen molar-refractivity contribution >= 4 is 10.2 Å². The molecule has 1 atom stereocenters. The lowest BCUT2D eigenvalue weighted by molar-refractivity contribution is -0.0921. The van der Waals surface area contributed by atoms with Crippen LogP contribution in [0.3, 0.4) is 0 Å². The molecule has 0 radical (unpaired) electrons. The Bertz CT molecular complexity index is 393. The molecule has 2 rings (SSSR count). The molecule has 19 heavy (non-hydrogen) atoms. The largest absolute Gasteiger partial charge is 0.349 e. The van der Waals surface area contributed by atoms with Crippen LogP contribution >= 0.6 is 0 Å². The van der Waals surface area contributed by atoms with Crippen molar-refractivity contribution in [1.29, 1.82) is 0 Å². The van der Waals surface area contributed by atoms with Gasteiger partial charge in [0.05, 0.1) is 19.3 Å². The SMILES string of the molecule is CC(C)N(C)S(=O)(=O)N1CCCC[C@H]1C1OCCO1. The molecule has 2 fully saturated rings. The van der Waals surface area contributed by atoms with Gasteiger partial charge in [-0.2, -0.15) is 17.0 Å². The zero-order chi connectivity index (χ0) is 14.0. The third-order valence-corrected chi connectivity index (χ3v) is 6.04. The molecular weight excluding hydrogens is 268 g/mol. The Hall–Kier alpha value is -0.210. The van der Waals surface area contributed by atoms with Crippen molar-refractivity contribution < 1.29 is 17.9 Å². The number of rotatable bonds is 4. The zero-order valence-corrected chi connectivity index (χ0v) is 12.7. The molecule has 0 amide bonds. The third-order valence-electron chi connectivity index (χ3n) is 3.85. The highest BCUT2D eigenvalue weighted by molar-refractivity contribution is 7.86. The van der Waals surface area contributed by atoms with Gasteiger partial charge in [-0.05, 0) is 26.7 Å². The first kappa shape index (κ1) is 15.2. The second-order valence-corrected chi connectivity index (χ2v) is 7.34. The normalized spacial score (nSPS) is 27.5. The molecule has 2 saturated heterocycles. The van der Waals surface area contributed by atoms with E-state index in [2.05, 4.69) is 0 Å². The lowest BCUT2D eigenvalue weighted by atomic mass is 10.0. The van der Waals surface area contributed by atoms with Gasteiger partial charge >= 0.3 is 0 Å². The second-order valence-electron chi connectivity index (χ2n) is 5.40. The van der Waals surface area contributed by atoms with Gasteiger partial charge < -0.3 is 9.47 Å². The molecule has 0 bridgehead atoms. The van der Waals surface area contributed by atoms with Gasteiger partial charge in [-0.15, -0.1) is 0 Å². The number of hydrogen-bond donors (Lipinski definition) is 0. The molecule has 0 N–H and O–H groups in total. The van der Waals surface area contributed by atoms with Gasteiger partial charge in [-0.3, -0.25) is 0 Å². The molecule has 0 aromatic rings. The lowest BCUT2D eigenvalue weighted by Gasteiger charge is -2.39. The maximum absolute atomic E-state index is 12.6. The fourth-order valence-electron chi connectivity index (χ4n) is 2.52. The number of nitrogens with zero attached hydrogens (tertiary/aromatic N) is 2. The molecule has 6 nitrogen and oxygen atoms in total. The van der Waals surface area contributed by atoms with Crippen LogP contribution in [0.25, 0.3) is 0 Å². The van der Waals surface area contributed by atoms with Crippen LogP contribution in [0.1, 0.15) is 33.1 Å². The monoisotopic (exact) mass is 292 g/mol. The van der Waals surface area contributed by atoms with E-state index >= 15 is 0 Å². The van der Waals surface area contributed by atoms with Crippen molar-refractivity contribution in [2.45, 2.75) is 51.5 Å². The predicted molar refractivity (Wildman–Crippen MR) is 71.9 cm³/mol. The summed E-state index contributed by atoms with van der Waals surface area (Å²) in [6.45, 7) is 5.40. The van der Waals surface area contributed by atoms with Crippen LogP contribution in [-0.4, -0.2) is 62.2 Å². The van der Waals surface area contributed by atoms with Gasteiger partial charge in [0.2, 0.25) is 0 Å². The van der Waals surface area contributed by atoms with E-state index in [9.17, 15) is 8.42 Å². The van der Waals surface area contributed by atoms with Crippen LogP contribution < -0.4 is 0 Å². The summed E-state index contributed by atoms with van der Waals surface area (Å²) in [6.07, 6.45) is 2.31. The summed E-state index contributed by atoms with van der Waals surface area (Å²) in [4.78, 5) is 0. The number of piperidine rings is 1. The summed E-state index contributed by atoms with van der Waals surface area (Å²) in [7, 11) is -1.81. The van der Waals surface area contributed by atoms with E-state index in [1.54, 1.807) is 11.4 Å². The fourth-order valence-corrected chi connectivity index (χ4v) is 4.29. The van der Waals surface area contributed by atoms with E-state index in [1.807, 2.05) is 13.8 Å². The molecule has 0 aromatic carbocycles. The fraction of sp³-hybridized carbons (Fsp3) is 1.00. The van der Waals surface area contributed by atoms with E-state index in [4.69, 9.17) is 9.47 Å². The highest BCUT2D eigenvalue weighted by atomic mass is 32.2. The van der Waals surface area contributed by atoms with Gasteiger partial charge in [0.15, 0.2) is 6.29 Å². The Morgan fingerprint density at radius 3 is 2.42 bits per heavy atom. The van der Waals surface area contributed by atoms with Crippen molar-refractivity contribution in [2.24, 2.45) is 0 Å². The van der Waals surface area contributed by atoms with Crippen molar-refractivity contribution in [3.63, 3.8) is 0 Å². The first-order chi connectivity index (χ1) is 8.94. The Balaban J connectivity index is 2.19. The average Bonchev–Trinajstić information content (AvgIpc) is 2.91. The highest BCUT2D eigenvalue weighted by Gasteiger charge is 2.41. The standard InChI is InChI=1S/C12H24N2O4S/c1-10(2)13(3)19(15,16)14-7-5-4-6-11(14)12-17-8-9-18-12/h10-12H,4-9H2,1-3H3/t11-/m0/s1. The van der Waals surface area contributed by atoms with E-state index in [0.717, 1.165) is 19.3 Å². The lowest BCUT2D eigenvalue weighted by Crippen LogP contribution is -2.55. The average molecular weight is 292 g/mol. The maximum Gasteiger partial charge on any atom is 0.282 e. The van der Waals surface area contributed by atoms with E-state index < -0.39 is 16.5 Å². The molecule has 0 saturated carbocycles. The molecule has 0 aromatic heterocycles. The van der Waals surface area contributed by atoms with Crippen molar-refractivity contribution in [3.05, 3.63) is 0 Å². The van der Waals surface area contributed by atoms with Crippen molar-refractivity contribution in [2.75, 3.05) is 26.8 Å². The first-order valence-electron chi connectivity index (χ1n) is 6.92. The van der Waals surface area contributed by atoms with Crippen molar-refractivity contribution in [1.82, 2.24) is 8.61 Å². The summed E-state index contributed by atoms with van der Waals surface area (Å²) in [5.74, 6) is 0. The first-order valence-corrected chi connectivity index (χ1v) is 8.32. The molecule has 7 heteroatoms. The summed E-state index contributed by atoms with van der Waals surface area (Å²) < 4.78 is 39.3. The number of hydrogen-bond acceptors (Lipinski definition) is 4. The zero-order valence-electron chi connectivity index (χ0n) is 11.9. The second kappa shape index (κ2) is 6.05. The molecule has 2 aliphatic rings. The molecule has 0 aliphatic carbocycles. The topological polar surface area (TPSA) is 59.1 Å². The third kappa shape index (κ3) is 3.11. The van der Waals surface area contributed by atoms with Crippen LogP contribution in [-0.2, 0) is 19.7 Å². The molecular formula is C12H24N2O4S. The number of ether oxygens (including phenoxy) is 2. The van der Waals surface area contributed by atoms with Crippen molar-refractivity contribution in [3.8, 4) is 0 Å². The van der Waals surface area contributed by atoms with Gasteiger partial charge in [0.1, 0.15) is 0 Å². The Kier molecular flexibility index (Phi) is 4.84. The minimum absolute atomic E-state index is 0.0574. The van der Waals surface area contributed by atoms with E-state index in [0.29, 0.717) is 19.8 Å². The van der Waals surface area contributed by atoms with Crippen LogP contribution in [0.2, 0.25) is 0 Å². The van der Waals surface area contributed by atoms with Gasteiger partial charge in [-0.1, -0.05) is 6.42 Å². The van der Waals surface area contributed by atoms with Gasteiger partial charge in [0.25, 0.3) is 10.2 Å². The Morgan fingerprint density at radius 2 is 1.84 bits per heavy atom. The Morgan fingerprint density at radius 1 is 1.21 bits per heavy atom. The predicted octanol–water partition coefficient (Wildman–Crippen LogP) is 0.799.